The molecular weight excluding hydrogens is 1110 g/mol. The highest BCUT2D eigenvalue weighted by Gasteiger charge is 2.18. The van der Waals surface area contributed by atoms with Gasteiger partial charge in [0.05, 0.1) is 39.5 Å². The maximum absolute atomic E-state index is 12.7. The van der Waals surface area contributed by atoms with Crippen LogP contribution < -0.4 is 11.1 Å². The number of aromatic nitrogens is 9. The minimum absolute atomic E-state index is 0.0348. The van der Waals surface area contributed by atoms with Crippen molar-refractivity contribution in [2.24, 2.45) is 5.73 Å². The average molecular weight is 1140 g/mol. The molecule has 0 unspecified atom stereocenters. The lowest BCUT2D eigenvalue weighted by Gasteiger charge is -2.02. The molecule has 348 valence electrons. The first-order valence-corrected chi connectivity index (χ1v) is 24.9. The van der Waals surface area contributed by atoms with Gasteiger partial charge < -0.3 is 31.1 Å². The van der Waals surface area contributed by atoms with E-state index in [4.69, 9.17) is 34.0 Å². The third-order valence-corrected chi connectivity index (χ3v) is 13.7. The highest BCUT2D eigenvalue weighted by atomic mass is 79.9. The van der Waals surface area contributed by atoms with Crippen molar-refractivity contribution in [2.45, 2.75) is 13.1 Å². The molecule has 2 aromatic carbocycles. The van der Waals surface area contributed by atoms with Crippen molar-refractivity contribution < 1.29 is 19.5 Å². The van der Waals surface area contributed by atoms with E-state index in [0.29, 0.717) is 57.6 Å². The molecule has 0 amide bonds. The Morgan fingerprint density at radius 3 is 1.58 bits per heavy atom. The molecule has 0 aliphatic rings. The van der Waals surface area contributed by atoms with Crippen molar-refractivity contribution in [1.29, 1.82) is 0 Å². The van der Waals surface area contributed by atoms with Gasteiger partial charge in [-0.05, 0) is 110 Å². The van der Waals surface area contributed by atoms with Gasteiger partial charge in [-0.15, -0.1) is 22.7 Å². The van der Waals surface area contributed by atoms with Crippen molar-refractivity contribution >= 4 is 145 Å². The molecule has 0 aliphatic heterocycles. The summed E-state index contributed by atoms with van der Waals surface area (Å²) in [5.74, 6) is -1.03. The minimum Gasteiger partial charge on any atom is -0.477 e. The number of anilines is 1. The standard InChI is InChI=1S/C18H13ClN4OS.C11H6BrN3OS.C7H8ClN.C7H6N2.C4H2BrNO2S/c19-12-5-3-11(4-6-12)8-22-18-23-10-15(25-18)16(24)14-9-21-17-13(14)2-1-7-20-17;12-11-15-5-8(17-11)9(16)7-4-14-10-6(7)2-1-3-13-10;8-7-3-1-6(5-9)2-4-7;1-2-6-3-5-9-7(6)8-4-1;5-4-6-1-2(9-4)3(7)8/h1-7,9-10H,8H2,(H,20,21)(H,22,23);1-5H,(H,13,14);1-4H,5,9H2;1-5H,(H,8,9);1H,(H,7,8). The Balaban J connectivity index is 0.000000138. The van der Waals surface area contributed by atoms with Gasteiger partial charge in [0.25, 0.3) is 0 Å². The zero-order chi connectivity index (χ0) is 48.7. The largest absolute Gasteiger partial charge is 0.477 e. The first-order valence-electron chi connectivity index (χ1n) is 20.1. The van der Waals surface area contributed by atoms with Crippen LogP contribution in [0.5, 0.6) is 0 Å². The van der Waals surface area contributed by atoms with Crippen molar-refractivity contribution in [3.8, 4) is 0 Å². The van der Waals surface area contributed by atoms with E-state index >= 15 is 0 Å². The van der Waals surface area contributed by atoms with E-state index in [0.717, 1.165) is 54.9 Å². The second-order valence-corrected chi connectivity index (χ2v) is 20.4. The molecule has 7 N–H and O–H groups in total. The Bertz CT molecular complexity index is 3420. The van der Waals surface area contributed by atoms with E-state index < -0.39 is 5.97 Å². The summed E-state index contributed by atoms with van der Waals surface area (Å²) >= 11 is 21.6. The van der Waals surface area contributed by atoms with E-state index in [1.165, 1.54) is 28.9 Å². The molecule has 11 rings (SSSR count). The van der Waals surface area contributed by atoms with Crippen LogP contribution >= 0.6 is 89.1 Å². The number of thiazole rings is 3. The number of fused-ring (bicyclic) bond motifs is 3. The Labute approximate surface area is 431 Å². The number of ketones is 2. The van der Waals surface area contributed by atoms with Crippen LogP contribution in [0.25, 0.3) is 33.1 Å². The first kappa shape index (κ1) is 50.4. The van der Waals surface area contributed by atoms with Crippen LogP contribution in [0, 0.1) is 0 Å². The summed E-state index contributed by atoms with van der Waals surface area (Å²) in [6.45, 7) is 1.20. The van der Waals surface area contributed by atoms with Gasteiger partial charge in [-0.25, -0.2) is 34.7 Å². The number of benzene rings is 2. The minimum atomic E-state index is -0.932. The van der Waals surface area contributed by atoms with E-state index in [1.807, 2.05) is 97.2 Å². The molecule has 22 heteroatoms. The predicted octanol–water partition coefficient (Wildman–Crippen LogP) is 12.5. The van der Waals surface area contributed by atoms with E-state index in [9.17, 15) is 14.4 Å². The molecule has 0 spiro atoms. The lowest BCUT2D eigenvalue weighted by molar-refractivity contribution is 0.0701. The summed E-state index contributed by atoms with van der Waals surface area (Å²) in [5.41, 5.74) is 11.2. The fourth-order valence-corrected chi connectivity index (χ4v) is 9.35. The van der Waals surface area contributed by atoms with Crippen LogP contribution in [-0.2, 0) is 13.1 Å². The van der Waals surface area contributed by atoms with Gasteiger partial charge in [0.15, 0.2) is 13.0 Å². The van der Waals surface area contributed by atoms with Crippen LogP contribution in [-0.4, -0.2) is 67.5 Å². The fraction of sp³-hybridized carbons (Fsp3) is 0.0426. The molecule has 0 fully saturated rings. The highest BCUT2D eigenvalue weighted by Crippen LogP contribution is 2.27. The smallest absolute Gasteiger partial charge is 0.347 e. The number of rotatable bonds is 9. The van der Waals surface area contributed by atoms with Gasteiger partial charge in [-0.2, -0.15) is 0 Å². The number of halogens is 4. The zero-order valence-corrected chi connectivity index (χ0v) is 42.6. The molecule has 0 atom stereocenters. The number of nitrogens with zero attached hydrogens (tertiary/aromatic N) is 6. The molecule has 0 saturated carbocycles. The number of nitrogens with one attached hydrogen (secondary N) is 4. The van der Waals surface area contributed by atoms with Crippen molar-refractivity contribution in [3.63, 3.8) is 0 Å². The molecule has 69 heavy (non-hydrogen) atoms. The van der Waals surface area contributed by atoms with Gasteiger partial charge in [-0.1, -0.05) is 58.8 Å². The van der Waals surface area contributed by atoms with Crippen LogP contribution in [0.2, 0.25) is 10.0 Å². The summed E-state index contributed by atoms with van der Waals surface area (Å²) in [6, 6.07) is 28.5. The average Bonchev–Trinajstić information content (AvgIpc) is 4.25. The summed E-state index contributed by atoms with van der Waals surface area (Å²) in [4.78, 5) is 70.0. The fourth-order valence-electron chi connectivity index (χ4n) is 6.01. The number of H-pyrrole nitrogens is 3. The second kappa shape index (κ2) is 24.7. The van der Waals surface area contributed by atoms with E-state index in [1.54, 1.807) is 43.4 Å². The molecule has 0 radical (unpaired) electrons. The summed E-state index contributed by atoms with van der Waals surface area (Å²) in [7, 11) is 0. The molecule has 9 heterocycles. The topological polar surface area (TPSA) is 234 Å². The van der Waals surface area contributed by atoms with Gasteiger partial charge in [0.2, 0.25) is 11.6 Å². The maximum Gasteiger partial charge on any atom is 0.347 e. The van der Waals surface area contributed by atoms with Gasteiger partial charge in [-0.3, -0.25) is 9.59 Å². The zero-order valence-electron chi connectivity index (χ0n) is 35.4. The third kappa shape index (κ3) is 14.1. The Hall–Kier alpha value is -6.49. The molecular formula is C47H35Br2Cl2N11O4S3. The number of pyridine rings is 3. The van der Waals surface area contributed by atoms with Gasteiger partial charge in [0, 0.05) is 76.5 Å². The van der Waals surface area contributed by atoms with Gasteiger partial charge in [0.1, 0.15) is 21.8 Å². The monoisotopic (exact) mass is 1140 g/mol. The first-order chi connectivity index (χ1) is 33.4. The normalized spacial score (nSPS) is 10.4. The van der Waals surface area contributed by atoms with Crippen molar-refractivity contribution in [3.05, 3.63) is 202 Å². The second-order valence-electron chi connectivity index (χ2n) is 13.9. The number of nitrogens with two attached hydrogens (primary N) is 1. The lowest BCUT2D eigenvalue weighted by Crippen LogP contribution is -1.98. The molecule has 0 bridgehead atoms. The maximum atomic E-state index is 12.7. The van der Waals surface area contributed by atoms with Crippen LogP contribution in [0.4, 0.5) is 5.13 Å². The molecule has 11 aromatic rings. The Morgan fingerprint density at radius 2 is 1.09 bits per heavy atom. The number of hydrogen-bond donors (Lipinski definition) is 6. The molecule has 15 nitrogen and oxygen atoms in total. The number of carboxylic acid groups (broad SMARTS) is 1. The molecule has 9 aromatic heterocycles. The van der Waals surface area contributed by atoms with Crippen molar-refractivity contribution in [2.75, 3.05) is 5.32 Å². The Morgan fingerprint density at radius 1 is 0.594 bits per heavy atom. The van der Waals surface area contributed by atoms with Crippen molar-refractivity contribution in [1.82, 2.24) is 44.9 Å². The third-order valence-electron chi connectivity index (χ3n) is 9.34. The van der Waals surface area contributed by atoms with E-state index in [-0.39, 0.29) is 16.4 Å². The lowest BCUT2D eigenvalue weighted by atomic mass is 10.1. The number of carboxylic acids is 1. The van der Waals surface area contributed by atoms with E-state index in [2.05, 4.69) is 82.0 Å². The van der Waals surface area contributed by atoms with Crippen LogP contribution in [0.1, 0.15) is 51.3 Å². The SMILES string of the molecule is NCc1ccc(Cl)cc1.O=C(O)c1cnc(Br)s1.O=C(c1cnc(Br)s1)c1c[nH]c2ncccc12.O=C(c1cnc(NCc2ccc(Cl)cc2)s1)c1c[nH]c2ncccc12.c1cnc2[nH]ccc2c1. The summed E-state index contributed by atoms with van der Waals surface area (Å²) in [6.07, 6.45) is 14.9. The number of carbonyl (C=O) groups is 3. The quantitative estimate of drug-likeness (QED) is 0.0741. The number of aromatic carboxylic acids is 1. The number of carbonyl (C=O) groups excluding carboxylic acids is 2. The predicted molar refractivity (Wildman–Crippen MR) is 282 cm³/mol. The van der Waals surface area contributed by atoms with Gasteiger partial charge >= 0.3 is 5.97 Å². The van der Waals surface area contributed by atoms with Crippen LogP contribution in [0.3, 0.4) is 0 Å². The van der Waals surface area contributed by atoms with Crippen LogP contribution in [0.15, 0.2) is 155 Å². The molecule has 0 aliphatic carbocycles. The highest BCUT2D eigenvalue weighted by molar-refractivity contribution is 9.11. The summed E-state index contributed by atoms with van der Waals surface area (Å²) < 4.78 is 1.30. The molecule has 0 saturated heterocycles. The number of hydrogen-bond acceptors (Lipinski definition) is 14. The number of aromatic amines is 3. The Kier molecular flexibility index (Phi) is 18.0. The summed E-state index contributed by atoms with van der Waals surface area (Å²) in [5, 5.41) is 16.6.